The zero-order valence-electron chi connectivity index (χ0n) is 19.0. The average molecular weight is 483 g/mol. The molecule has 1 amide bonds. The van der Waals surface area contributed by atoms with Crippen molar-refractivity contribution in [1.29, 1.82) is 0 Å². The number of halogens is 3. The van der Waals surface area contributed by atoms with Gasteiger partial charge in [-0.15, -0.1) is 0 Å². The van der Waals surface area contributed by atoms with E-state index in [1.54, 1.807) is 49.5 Å². The lowest BCUT2D eigenvalue weighted by molar-refractivity contribution is -0.161. The smallest absolute Gasteiger partial charge is 0.395 e. The highest BCUT2D eigenvalue weighted by atomic mass is 19.4. The summed E-state index contributed by atoms with van der Waals surface area (Å²) in [7, 11) is 0. The van der Waals surface area contributed by atoms with E-state index in [1.165, 1.54) is 23.7 Å². The van der Waals surface area contributed by atoms with E-state index in [0.29, 0.717) is 35.3 Å². The zero-order chi connectivity index (χ0) is 24.6. The number of benzene rings is 1. The van der Waals surface area contributed by atoms with Gasteiger partial charge in [-0.2, -0.15) is 13.2 Å². The van der Waals surface area contributed by atoms with E-state index in [-0.39, 0.29) is 12.1 Å². The first kappa shape index (κ1) is 23.1. The first-order valence-electron chi connectivity index (χ1n) is 11.3. The Kier molecular flexibility index (Phi) is 6.06. The summed E-state index contributed by atoms with van der Waals surface area (Å²) in [5, 5.41) is 6.71. The van der Waals surface area contributed by atoms with Gasteiger partial charge >= 0.3 is 12.2 Å². The van der Waals surface area contributed by atoms with Crippen LogP contribution in [0, 0.1) is 5.92 Å². The molecular formula is C25H24F3N5O2. The summed E-state index contributed by atoms with van der Waals surface area (Å²) >= 11 is 0. The Labute approximate surface area is 199 Å². The lowest BCUT2D eigenvalue weighted by atomic mass is 9.93. The van der Waals surface area contributed by atoms with Crippen molar-refractivity contribution in [3.63, 3.8) is 0 Å². The minimum atomic E-state index is -4.36. The fraction of sp³-hybridized carbons (Fsp3) is 0.320. The van der Waals surface area contributed by atoms with Gasteiger partial charge in [-0.05, 0) is 62.6 Å². The van der Waals surface area contributed by atoms with E-state index in [9.17, 15) is 18.0 Å². The highest BCUT2D eigenvalue weighted by Crippen LogP contribution is 2.35. The summed E-state index contributed by atoms with van der Waals surface area (Å²) in [6.07, 6.45) is 3.55. The number of aromatic nitrogens is 3. The Morgan fingerprint density at radius 2 is 2.03 bits per heavy atom. The molecule has 1 atom stereocenters. The van der Waals surface area contributed by atoms with Gasteiger partial charge in [0.25, 0.3) is 0 Å². The van der Waals surface area contributed by atoms with Gasteiger partial charge in [-0.25, -0.2) is 14.8 Å². The number of nitrogens with zero attached hydrogens (tertiary/aromatic N) is 3. The Morgan fingerprint density at radius 3 is 2.80 bits per heavy atom. The third-order valence-electron chi connectivity index (χ3n) is 5.95. The molecule has 0 saturated heterocycles. The number of alkyl halides is 3. The second kappa shape index (κ2) is 9.18. The normalized spacial score (nSPS) is 18.2. The molecule has 35 heavy (non-hydrogen) atoms. The lowest BCUT2D eigenvalue weighted by Gasteiger charge is -2.22. The summed E-state index contributed by atoms with van der Waals surface area (Å²) in [5.74, 6) is -0.664. The highest BCUT2D eigenvalue weighted by molar-refractivity contribution is 5.93. The third-order valence-corrected chi connectivity index (χ3v) is 5.95. The van der Waals surface area contributed by atoms with E-state index in [2.05, 4.69) is 20.6 Å². The first-order valence-corrected chi connectivity index (χ1v) is 11.3. The topological polar surface area (TPSA) is 81.1 Å². The largest absolute Gasteiger partial charge is 0.439 e. The molecule has 10 heteroatoms. The number of nitrogens with one attached hydrogen (secondary N) is 2. The molecule has 1 aromatic carbocycles. The Balaban J connectivity index is 1.29. The average Bonchev–Trinajstić information content (AvgIpc) is 3.54. The summed E-state index contributed by atoms with van der Waals surface area (Å²) in [5.41, 5.74) is 2.12. The number of hydrogen-bond donors (Lipinski definition) is 2. The van der Waals surface area contributed by atoms with Gasteiger partial charge in [-0.3, -0.25) is 4.57 Å². The van der Waals surface area contributed by atoms with Crippen LogP contribution < -0.4 is 15.4 Å². The summed E-state index contributed by atoms with van der Waals surface area (Å²) in [6, 6.07) is 8.73. The number of carbonyl (C=O) groups excluding carboxylic acids is 1. The van der Waals surface area contributed by atoms with E-state index in [4.69, 9.17) is 4.74 Å². The standard InChI is InChI=1S/C25H24F3N5O2/c1-15-8-17(25(26,27)28)11-19(9-15)32-24(34)33-7-6-16-10-21(4-5-22(16)33)35-23-12-20(30-14-31-23)13-29-18-2-3-18/h4-7,9-12,14,17-18,29H,2-3,8,13H2,1H3,(H,32,34). The molecule has 2 heterocycles. The molecule has 1 saturated carbocycles. The van der Waals surface area contributed by atoms with Crippen LogP contribution in [0.25, 0.3) is 10.9 Å². The van der Waals surface area contributed by atoms with Gasteiger partial charge in [0.2, 0.25) is 5.88 Å². The molecule has 7 nitrogen and oxygen atoms in total. The molecule has 0 spiro atoms. The second-order valence-electron chi connectivity index (χ2n) is 8.91. The minimum absolute atomic E-state index is 0.108. The van der Waals surface area contributed by atoms with E-state index >= 15 is 0 Å². The lowest BCUT2D eigenvalue weighted by Crippen LogP contribution is -2.30. The van der Waals surface area contributed by atoms with Gasteiger partial charge in [0.15, 0.2) is 0 Å². The van der Waals surface area contributed by atoms with Crippen molar-refractivity contribution >= 4 is 16.9 Å². The molecule has 1 fully saturated rings. The maximum atomic E-state index is 13.2. The summed E-state index contributed by atoms with van der Waals surface area (Å²) in [6.45, 7) is 2.27. The number of ether oxygens (including phenoxy) is 1. The number of amides is 1. The van der Waals surface area contributed by atoms with Crippen LogP contribution in [0.5, 0.6) is 11.6 Å². The molecule has 0 aliphatic heterocycles. The van der Waals surface area contributed by atoms with Crippen LogP contribution >= 0.6 is 0 Å². The maximum Gasteiger partial charge on any atom is 0.395 e. The van der Waals surface area contributed by atoms with Crippen molar-refractivity contribution in [2.75, 3.05) is 0 Å². The molecule has 2 aliphatic rings. The maximum absolute atomic E-state index is 13.2. The van der Waals surface area contributed by atoms with Crippen molar-refractivity contribution in [3.8, 4) is 11.6 Å². The van der Waals surface area contributed by atoms with Crippen LogP contribution in [0.2, 0.25) is 0 Å². The summed E-state index contributed by atoms with van der Waals surface area (Å²) in [4.78, 5) is 21.2. The Hall–Kier alpha value is -3.66. The van der Waals surface area contributed by atoms with Gasteiger partial charge in [-0.1, -0.05) is 5.57 Å². The second-order valence-corrected chi connectivity index (χ2v) is 8.91. The predicted molar refractivity (Wildman–Crippen MR) is 124 cm³/mol. The van der Waals surface area contributed by atoms with Crippen LogP contribution in [0.15, 0.2) is 66.3 Å². The molecule has 2 aliphatic carbocycles. The van der Waals surface area contributed by atoms with Gasteiger partial charge < -0.3 is 15.4 Å². The van der Waals surface area contributed by atoms with Gasteiger partial charge in [0, 0.05) is 35.9 Å². The number of allylic oxidation sites excluding steroid dienone is 3. The summed E-state index contributed by atoms with van der Waals surface area (Å²) < 4.78 is 46.8. The fourth-order valence-electron chi connectivity index (χ4n) is 4.01. The molecule has 5 rings (SSSR count). The molecular weight excluding hydrogens is 459 g/mol. The van der Waals surface area contributed by atoms with Crippen molar-refractivity contribution in [2.45, 2.75) is 44.9 Å². The molecule has 3 aromatic rings. The van der Waals surface area contributed by atoms with Crippen LogP contribution in [-0.2, 0) is 6.54 Å². The monoisotopic (exact) mass is 483 g/mol. The molecule has 2 aromatic heterocycles. The van der Waals surface area contributed by atoms with E-state index in [1.807, 2.05) is 0 Å². The van der Waals surface area contributed by atoms with Crippen molar-refractivity contribution in [3.05, 3.63) is 72.0 Å². The van der Waals surface area contributed by atoms with Crippen LogP contribution in [0.4, 0.5) is 18.0 Å². The molecule has 0 bridgehead atoms. The first-order chi connectivity index (χ1) is 16.7. The van der Waals surface area contributed by atoms with E-state index in [0.717, 1.165) is 17.2 Å². The van der Waals surface area contributed by atoms with Crippen LogP contribution in [0.3, 0.4) is 0 Å². The number of hydrogen-bond acceptors (Lipinski definition) is 5. The Bertz CT molecular complexity index is 1320. The van der Waals surface area contributed by atoms with Crippen molar-refractivity contribution in [2.24, 2.45) is 5.92 Å². The molecule has 0 radical (unpaired) electrons. The predicted octanol–water partition coefficient (Wildman–Crippen LogP) is 5.45. The quantitative estimate of drug-likeness (QED) is 0.488. The third kappa shape index (κ3) is 5.54. The van der Waals surface area contributed by atoms with Crippen LogP contribution in [0.1, 0.15) is 31.9 Å². The van der Waals surface area contributed by atoms with Crippen LogP contribution in [-0.4, -0.2) is 32.8 Å². The Morgan fingerprint density at radius 1 is 1.20 bits per heavy atom. The van der Waals surface area contributed by atoms with Gasteiger partial charge in [0.05, 0.1) is 17.1 Å². The van der Waals surface area contributed by atoms with Crippen molar-refractivity contribution < 1.29 is 22.7 Å². The highest BCUT2D eigenvalue weighted by Gasteiger charge is 2.39. The van der Waals surface area contributed by atoms with Gasteiger partial charge in [0.1, 0.15) is 12.1 Å². The molecule has 182 valence electrons. The fourth-order valence-corrected chi connectivity index (χ4v) is 4.01. The molecule has 2 N–H and O–H groups in total. The zero-order valence-corrected chi connectivity index (χ0v) is 19.0. The van der Waals surface area contributed by atoms with Crippen molar-refractivity contribution in [1.82, 2.24) is 25.2 Å². The SMILES string of the molecule is CC1=CC(NC(=O)n2ccc3cc(Oc4cc(CNC5CC5)ncn4)ccc32)=CC(C(F)(F)F)C1. The number of carbonyl (C=O) groups is 1. The molecule has 1 unspecified atom stereocenters. The minimum Gasteiger partial charge on any atom is -0.439 e. The number of fused-ring (bicyclic) bond motifs is 1. The number of rotatable bonds is 6. The van der Waals surface area contributed by atoms with E-state index < -0.39 is 18.1 Å².